The van der Waals surface area contributed by atoms with Crippen LogP contribution in [0.3, 0.4) is 0 Å². The minimum atomic E-state index is -0.834. The van der Waals surface area contributed by atoms with Gasteiger partial charge in [0.15, 0.2) is 5.78 Å². The van der Waals surface area contributed by atoms with E-state index in [9.17, 15) is 24.5 Å². The Morgan fingerprint density at radius 3 is 2.65 bits per heavy atom. The van der Waals surface area contributed by atoms with Crippen molar-refractivity contribution in [3.05, 3.63) is 37.2 Å². The molecule has 0 saturated carbocycles. The maximum atomic E-state index is 11.6. The van der Waals surface area contributed by atoms with Crippen molar-refractivity contribution in [2.45, 2.75) is 19.9 Å². The highest BCUT2D eigenvalue weighted by Crippen LogP contribution is 2.11. The first-order chi connectivity index (χ1) is 9.35. The van der Waals surface area contributed by atoms with Gasteiger partial charge in [0.2, 0.25) is 0 Å². The molecule has 9 heteroatoms. The van der Waals surface area contributed by atoms with E-state index < -0.39 is 34.2 Å². The van der Waals surface area contributed by atoms with Crippen LogP contribution in [0, 0.1) is 10.1 Å². The van der Waals surface area contributed by atoms with Gasteiger partial charge in [-0.1, -0.05) is 0 Å². The zero-order valence-corrected chi connectivity index (χ0v) is 12.1. The molecule has 1 rings (SSSR count). The summed E-state index contributed by atoms with van der Waals surface area (Å²) in [5.41, 5.74) is -1.42. The van der Waals surface area contributed by atoms with Gasteiger partial charge in [0.1, 0.15) is 6.42 Å². The van der Waals surface area contributed by atoms with Crippen molar-refractivity contribution in [1.82, 2.24) is 4.57 Å². The van der Waals surface area contributed by atoms with Crippen LogP contribution in [0.25, 0.3) is 0 Å². The number of ether oxygens (including phenoxy) is 1. The van der Waals surface area contributed by atoms with Crippen molar-refractivity contribution in [3.8, 4) is 0 Å². The summed E-state index contributed by atoms with van der Waals surface area (Å²) >= 11 is 2.89. The van der Waals surface area contributed by atoms with Crippen molar-refractivity contribution >= 4 is 33.4 Å². The number of hydrogen-bond donors (Lipinski definition) is 0. The zero-order chi connectivity index (χ0) is 15.3. The van der Waals surface area contributed by atoms with E-state index in [0.29, 0.717) is 0 Å². The van der Waals surface area contributed by atoms with Crippen LogP contribution in [0.15, 0.2) is 21.7 Å². The molecule has 0 saturated heterocycles. The lowest BCUT2D eigenvalue weighted by atomic mass is 10.3. The summed E-state index contributed by atoms with van der Waals surface area (Å²) in [5.74, 6) is -1.14. The van der Waals surface area contributed by atoms with Crippen LogP contribution in [0.2, 0.25) is 0 Å². The van der Waals surface area contributed by atoms with E-state index in [2.05, 4.69) is 20.7 Å². The Labute approximate surface area is 121 Å². The second kappa shape index (κ2) is 6.94. The topological polar surface area (TPSA) is 109 Å². The lowest BCUT2D eigenvalue weighted by molar-refractivity contribution is -0.386. The Balaban J connectivity index is 2.88. The molecule has 0 aliphatic carbocycles. The number of ketones is 1. The average molecular weight is 347 g/mol. The number of pyridine rings is 1. The summed E-state index contributed by atoms with van der Waals surface area (Å²) in [4.78, 5) is 44.0. The number of carbonyl (C=O) groups excluding carboxylic acids is 2. The molecule has 0 aliphatic heterocycles. The molecule has 0 atom stereocenters. The third kappa shape index (κ3) is 4.26. The molecular formula is C11H11BrN2O6. The van der Waals surface area contributed by atoms with Crippen molar-refractivity contribution in [1.29, 1.82) is 0 Å². The molecule has 0 unspecified atom stereocenters. The standard InChI is InChI=1S/C11H11BrN2O6/c1-2-20-10(16)3-7(15)4-13-5-8(12)11(17)9(6-13)14(18)19/h5-6H,2-4H2,1H3. The molecule has 20 heavy (non-hydrogen) atoms. The second-order valence-electron chi connectivity index (χ2n) is 3.77. The SMILES string of the molecule is CCOC(=O)CC(=O)Cn1cc(Br)c(=O)c([N+](=O)[O-])c1. The number of carbonyl (C=O) groups is 2. The molecule has 0 amide bonds. The number of aromatic nitrogens is 1. The Morgan fingerprint density at radius 2 is 2.10 bits per heavy atom. The first-order valence-electron chi connectivity index (χ1n) is 5.56. The number of esters is 1. The van der Waals surface area contributed by atoms with Gasteiger partial charge in [-0.05, 0) is 22.9 Å². The molecule has 1 aromatic rings. The average Bonchev–Trinajstić information content (AvgIpc) is 2.33. The van der Waals surface area contributed by atoms with E-state index in [1.54, 1.807) is 6.92 Å². The first kappa shape index (κ1) is 16.0. The third-order valence-corrected chi connectivity index (χ3v) is 2.78. The van der Waals surface area contributed by atoms with E-state index in [1.807, 2.05) is 0 Å². The van der Waals surface area contributed by atoms with E-state index >= 15 is 0 Å². The molecule has 0 N–H and O–H groups in total. The van der Waals surface area contributed by atoms with Crippen molar-refractivity contribution in [2.75, 3.05) is 6.61 Å². The minimum Gasteiger partial charge on any atom is -0.466 e. The van der Waals surface area contributed by atoms with Gasteiger partial charge in [-0.3, -0.25) is 24.5 Å². The molecule has 0 radical (unpaired) electrons. The molecule has 8 nitrogen and oxygen atoms in total. The highest BCUT2D eigenvalue weighted by molar-refractivity contribution is 9.10. The van der Waals surface area contributed by atoms with Gasteiger partial charge in [0.25, 0.3) is 5.43 Å². The fourth-order valence-corrected chi connectivity index (χ4v) is 1.90. The highest BCUT2D eigenvalue weighted by atomic mass is 79.9. The molecule has 0 bridgehead atoms. The Kier molecular flexibility index (Phi) is 5.56. The molecule has 1 heterocycles. The van der Waals surface area contributed by atoms with Gasteiger partial charge in [-0.25, -0.2) is 0 Å². The third-order valence-electron chi connectivity index (χ3n) is 2.22. The fraction of sp³-hybridized carbons (Fsp3) is 0.364. The summed E-state index contributed by atoms with van der Waals surface area (Å²) in [6.07, 6.45) is 1.78. The largest absolute Gasteiger partial charge is 0.466 e. The van der Waals surface area contributed by atoms with Crippen LogP contribution in [-0.4, -0.2) is 27.8 Å². The van der Waals surface area contributed by atoms with Crippen molar-refractivity contribution in [3.63, 3.8) is 0 Å². The zero-order valence-electron chi connectivity index (χ0n) is 10.5. The maximum Gasteiger partial charge on any atom is 0.333 e. The van der Waals surface area contributed by atoms with Crippen LogP contribution in [0.1, 0.15) is 13.3 Å². The van der Waals surface area contributed by atoms with Crippen molar-refractivity contribution in [2.24, 2.45) is 0 Å². The first-order valence-corrected chi connectivity index (χ1v) is 6.35. The van der Waals surface area contributed by atoms with Crippen LogP contribution in [0.5, 0.6) is 0 Å². The summed E-state index contributed by atoms with van der Waals surface area (Å²) < 4.78 is 5.76. The number of hydrogen-bond acceptors (Lipinski definition) is 6. The van der Waals surface area contributed by atoms with Gasteiger partial charge < -0.3 is 9.30 Å². The van der Waals surface area contributed by atoms with Crippen molar-refractivity contribution < 1.29 is 19.2 Å². The van der Waals surface area contributed by atoms with Gasteiger partial charge >= 0.3 is 11.7 Å². The van der Waals surface area contributed by atoms with Gasteiger partial charge in [-0.15, -0.1) is 0 Å². The van der Waals surface area contributed by atoms with Gasteiger partial charge in [0, 0.05) is 6.20 Å². The molecule has 0 spiro atoms. The summed E-state index contributed by atoms with van der Waals surface area (Å²) in [7, 11) is 0. The summed E-state index contributed by atoms with van der Waals surface area (Å²) in [6, 6.07) is 0. The van der Waals surface area contributed by atoms with Gasteiger partial charge in [0.05, 0.1) is 28.7 Å². The normalized spacial score (nSPS) is 10.1. The smallest absolute Gasteiger partial charge is 0.333 e. The van der Waals surface area contributed by atoms with Crippen LogP contribution >= 0.6 is 15.9 Å². The van der Waals surface area contributed by atoms with Crippen LogP contribution < -0.4 is 5.43 Å². The predicted molar refractivity (Wildman–Crippen MR) is 71.3 cm³/mol. The monoisotopic (exact) mass is 346 g/mol. The Bertz CT molecular complexity index is 609. The number of nitrogens with zero attached hydrogens (tertiary/aromatic N) is 2. The number of nitro groups is 1. The molecule has 108 valence electrons. The Hall–Kier alpha value is -2.03. The fourth-order valence-electron chi connectivity index (χ4n) is 1.43. The molecular weight excluding hydrogens is 336 g/mol. The quantitative estimate of drug-likeness (QED) is 0.329. The number of Topliss-reactive ketones (excluding diaryl/α,β-unsaturated/α-hetero) is 1. The molecule has 0 fully saturated rings. The molecule has 0 aromatic carbocycles. The van der Waals surface area contributed by atoms with Crippen LogP contribution in [0.4, 0.5) is 5.69 Å². The lowest BCUT2D eigenvalue weighted by Crippen LogP contribution is -2.19. The minimum absolute atomic E-state index is 0.0318. The number of rotatable bonds is 6. The summed E-state index contributed by atoms with van der Waals surface area (Å²) in [5, 5.41) is 10.7. The summed E-state index contributed by atoms with van der Waals surface area (Å²) in [6.45, 7) is 1.52. The maximum absolute atomic E-state index is 11.6. The molecule has 1 aromatic heterocycles. The van der Waals surface area contributed by atoms with E-state index in [4.69, 9.17) is 0 Å². The lowest BCUT2D eigenvalue weighted by Gasteiger charge is -2.06. The molecule has 0 aliphatic rings. The van der Waals surface area contributed by atoms with E-state index in [0.717, 1.165) is 6.20 Å². The van der Waals surface area contributed by atoms with Gasteiger partial charge in [-0.2, -0.15) is 0 Å². The Morgan fingerprint density at radius 1 is 1.45 bits per heavy atom. The predicted octanol–water partition coefficient (Wildman–Crippen LogP) is 1.04. The van der Waals surface area contributed by atoms with Crippen LogP contribution in [-0.2, 0) is 20.9 Å². The highest BCUT2D eigenvalue weighted by Gasteiger charge is 2.17. The van der Waals surface area contributed by atoms with E-state index in [-0.39, 0.29) is 17.6 Å². The second-order valence-corrected chi connectivity index (χ2v) is 4.62. The number of halogens is 1. The van der Waals surface area contributed by atoms with E-state index in [1.165, 1.54) is 10.8 Å².